The van der Waals surface area contributed by atoms with Crippen LogP contribution in [0.4, 0.5) is 0 Å². The first-order valence-electron chi connectivity index (χ1n) is 11.2. The molecule has 28 heavy (non-hydrogen) atoms. The lowest BCUT2D eigenvalue weighted by molar-refractivity contribution is -0.131. The molecule has 2 N–H and O–H groups in total. The molecule has 2 aliphatic heterocycles. The average Bonchev–Trinajstić information content (AvgIpc) is 3.52. The van der Waals surface area contributed by atoms with Gasteiger partial charge in [0.15, 0.2) is 0 Å². The van der Waals surface area contributed by atoms with Crippen molar-refractivity contribution in [1.29, 1.82) is 0 Å². The Kier molecular flexibility index (Phi) is 8.13. The zero-order valence-electron chi connectivity index (χ0n) is 17.1. The van der Waals surface area contributed by atoms with Gasteiger partial charge in [0.2, 0.25) is 17.7 Å². The molecule has 0 spiro atoms. The third-order valence-corrected chi connectivity index (χ3v) is 6.10. The molecular weight excluding hydrogens is 356 g/mol. The molecule has 0 aromatic heterocycles. The maximum atomic E-state index is 12.3. The molecule has 0 radical (unpaired) electrons. The molecule has 1 atom stereocenters. The van der Waals surface area contributed by atoms with Crippen LogP contribution in [-0.4, -0.2) is 73.3 Å². The molecule has 1 aliphatic carbocycles. The predicted molar refractivity (Wildman–Crippen MR) is 108 cm³/mol. The summed E-state index contributed by atoms with van der Waals surface area (Å²) in [7, 11) is 0. The number of hydrogen-bond acceptors (Lipinski definition) is 4. The van der Waals surface area contributed by atoms with Crippen molar-refractivity contribution in [3.05, 3.63) is 0 Å². The number of carbonyl (C=O) groups is 3. The van der Waals surface area contributed by atoms with Crippen molar-refractivity contribution < 1.29 is 14.4 Å². The first-order chi connectivity index (χ1) is 13.6. The summed E-state index contributed by atoms with van der Waals surface area (Å²) in [5.74, 6) is 1.12. The Morgan fingerprint density at radius 1 is 1.00 bits per heavy atom. The Balaban J connectivity index is 1.29. The lowest BCUT2D eigenvalue weighted by Crippen LogP contribution is -2.47. The van der Waals surface area contributed by atoms with E-state index in [0.717, 1.165) is 64.7 Å². The van der Waals surface area contributed by atoms with Crippen molar-refractivity contribution in [2.45, 2.75) is 57.8 Å². The van der Waals surface area contributed by atoms with Crippen LogP contribution in [0.1, 0.15) is 57.8 Å². The van der Waals surface area contributed by atoms with Crippen molar-refractivity contribution in [2.24, 2.45) is 11.8 Å². The van der Waals surface area contributed by atoms with Crippen molar-refractivity contribution in [1.82, 2.24) is 20.4 Å². The zero-order chi connectivity index (χ0) is 19.8. The van der Waals surface area contributed by atoms with Crippen molar-refractivity contribution in [3.8, 4) is 0 Å². The van der Waals surface area contributed by atoms with Gasteiger partial charge in [0.25, 0.3) is 0 Å². The first-order valence-corrected chi connectivity index (χ1v) is 11.2. The number of carbonyl (C=O) groups excluding carboxylic acids is 3. The first kappa shape index (κ1) is 21.1. The molecule has 158 valence electrons. The summed E-state index contributed by atoms with van der Waals surface area (Å²) < 4.78 is 0. The maximum absolute atomic E-state index is 12.3. The molecule has 1 saturated carbocycles. The number of nitrogens with zero attached hydrogens (tertiary/aromatic N) is 2. The topological polar surface area (TPSA) is 81.8 Å². The summed E-state index contributed by atoms with van der Waals surface area (Å²) in [4.78, 5) is 40.6. The number of amides is 3. The Bertz CT molecular complexity index is 550. The summed E-state index contributed by atoms with van der Waals surface area (Å²) in [6.07, 6.45) is 9.04. The lowest BCUT2D eigenvalue weighted by Gasteiger charge is -2.31. The maximum Gasteiger partial charge on any atom is 0.234 e. The molecule has 3 amide bonds. The third kappa shape index (κ3) is 7.08. The van der Waals surface area contributed by atoms with Crippen LogP contribution in [0, 0.1) is 11.8 Å². The third-order valence-electron chi connectivity index (χ3n) is 6.10. The summed E-state index contributed by atoms with van der Waals surface area (Å²) in [5.41, 5.74) is 0. The number of hydrogen-bond donors (Lipinski definition) is 2. The molecule has 0 aromatic rings. The second-order valence-corrected chi connectivity index (χ2v) is 8.66. The van der Waals surface area contributed by atoms with E-state index in [2.05, 4.69) is 15.5 Å². The largest absolute Gasteiger partial charge is 0.356 e. The molecule has 1 unspecified atom stereocenters. The molecular formula is C21H36N4O3. The van der Waals surface area contributed by atoms with Crippen LogP contribution < -0.4 is 10.6 Å². The van der Waals surface area contributed by atoms with Crippen LogP contribution in [0.3, 0.4) is 0 Å². The van der Waals surface area contributed by atoms with E-state index in [-0.39, 0.29) is 23.6 Å². The fraction of sp³-hybridized carbons (Fsp3) is 0.857. The zero-order valence-corrected chi connectivity index (χ0v) is 17.1. The van der Waals surface area contributed by atoms with Gasteiger partial charge in [-0.3, -0.25) is 19.3 Å². The molecule has 2 heterocycles. The fourth-order valence-corrected chi connectivity index (χ4v) is 4.16. The van der Waals surface area contributed by atoms with Gasteiger partial charge in [-0.2, -0.15) is 0 Å². The lowest BCUT2D eigenvalue weighted by atomic mass is 9.97. The molecule has 3 fully saturated rings. The summed E-state index contributed by atoms with van der Waals surface area (Å²) >= 11 is 0. The van der Waals surface area contributed by atoms with E-state index in [4.69, 9.17) is 0 Å². The number of piperidine rings is 1. The van der Waals surface area contributed by atoms with Gasteiger partial charge in [-0.25, -0.2) is 0 Å². The van der Waals surface area contributed by atoms with Gasteiger partial charge >= 0.3 is 0 Å². The minimum Gasteiger partial charge on any atom is -0.356 e. The number of likely N-dealkylation sites (tertiary alicyclic amines) is 2. The minimum absolute atomic E-state index is 0.00866. The predicted octanol–water partition coefficient (Wildman–Crippen LogP) is 1.13. The van der Waals surface area contributed by atoms with E-state index < -0.39 is 0 Å². The highest BCUT2D eigenvalue weighted by Crippen LogP contribution is 2.27. The van der Waals surface area contributed by atoms with Gasteiger partial charge < -0.3 is 15.5 Å². The van der Waals surface area contributed by atoms with Crippen LogP contribution in [0.5, 0.6) is 0 Å². The van der Waals surface area contributed by atoms with Gasteiger partial charge in [0.1, 0.15) is 0 Å². The second-order valence-electron chi connectivity index (χ2n) is 8.66. The Morgan fingerprint density at radius 3 is 2.68 bits per heavy atom. The standard InChI is InChI=1S/C21H36N4O3/c26-19(22-10-5-13-25-12-3-1-2-7-20(25)27)16-24-11-4-6-18(15-24)21(28)23-14-17-8-9-17/h17-18H,1-16H2,(H,22,26)(H,23,28). The van der Waals surface area contributed by atoms with Gasteiger partial charge in [0.05, 0.1) is 12.5 Å². The van der Waals surface area contributed by atoms with Crippen LogP contribution in [0.2, 0.25) is 0 Å². The summed E-state index contributed by atoms with van der Waals surface area (Å²) in [6, 6.07) is 0. The van der Waals surface area contributed by atoms with E-state index >= 15 is 0 Å². The van der Waals surface area contributed by atoms with Crippen LogP contribution in [0.15, 0.2) is 0 Å². The molecule has 7 heteroatoms. The number of rotatable bonds is 9. The smallest absolute Gasteiger partial charge is 0.234 e. The summed E-state index contributed by atoms with van der Waals surface area (Å²) in [5, 5.41) is 6.04. The van der Waals surface area contributed by atoms with E-state index in [1.165, 1.54) is 12.8 Å². The van der Waals surface area contributed by atoms with Crippen molar-refractivity contribution >= 4 is 17.7 Å². The monoisotopic (exact) mass is 392 g/mol. The molecule has 7 nitrogen and oxygen atoms in total. The van der Waals surface area contributed by atoms with E-state index in [1.54, 1.807) is 0 Å². The highest BCUT2D eigenvalue weighted by molar-refractivity contribution is 5.80. The second kappa shape index (κ2) is 10.8. The molecule has 0 bridgehead atoms. The van der Waals surface area contributed by atoms with Crippen LogP contribution in [0.25, 0.3) is 0 Å². The van der Waals surface area contributed by atoms with Gasteiger partial charge in [-0.1, -0.05) is 6.42 Å². The quantitative estimate of drug-likeness (QED) is 0.577. The molecule has 0 aromatic carbocycles. The number of nitrogens with one attached hydrogen (secondary N) is 2. The molecule has 3 aliphatic rings. The van der Waals surface area contributed by atoms with Crippen molar-refractivity contribution in [3.63, 3.8) is 0 Å². The normalized spacial score (nSPS) is 23.9. The van der Waals surface area contributed by atoms with Crippen LogP contribution in [-0.2, 0) is 14.4 Å². The van der Waals surface area contributed by atoms with Crippen LogP contribution >= 0.6 is 0 Å². The van der Waals surface area contributed by atoms with E-state index in [0.29, 0.717) is 32.0 Å². The van der Waals surface area contributed by atoms with Gasteiger partial charge in [-0.05, 0) is 57.4 Å². The van der Waals surface area contributed by atoms with E-state index in [9.17, 15) is 14.4 Å². The SMILES string of the molecule is O=C(CN1CCCC(C(=O)NCC2CC2)C1)NCCCN1CCCCCC1=O. The van der Waals surface area contributed by atoms with Gasteiger partial charge in [-0.15, -0.1) is 0 Å². The van der Waals surface area contributed by atoms with Gasteiger partial charge in [0, 0.05) is 39.1 Å². The summed E-state index contributed by atoms with van der Waals surface area (Å²) in [6.45, 7) is 4.90. The minimum atomic E-state index is 0.00866. The Hall–Kier alpha value is -1.63. The van der Waals surface area contributed by atoms with Crippen molar-refractivity contribution in [2.75, 3.05) is 45.8 Å². The fourth-order valence-electron chi connectivity index (χ4n) is 4.16. The highest BCUT2D eigenvalue weighted by atomic mass is 16.2. The molecule has 2 saturated heterocycles. The Labute approximate surface area is 168 Å². The molecule has 3 rings (SSSR count). The Morgan fingerprint density at radius 2 is 1.86 bits per heavy atom. The average molecular weight is 393 g/mol. The highest BCUT2D eigenvalue weighted by Gasteiger charge is 2.28. The van der Waals surface area contributed by atoms with E-state index in [1.807, 2.05) is 4.90 Å².